The minimum absolute atomic E-state index is 0.168. The van der Waals surface area contributed by atoms with E-state index in [1.54, 1.807) is 17.8 Å². The number of halogens is 1. The Balaban J connectivity index is 2.02. The van der Waals surface area contributed by atoms with E-state index in [4.69, 9.17) is 0 Å². The average molecular weight is 321 g/mol. The second-order valence-corrected chi connectivity index (χ2v) is 6.66. The molecule has 0 aliphatic carbocycles. The summed E-state index contributed by atoms with van der Waals surface area (Å²) in [6, 6.07) is 5.61. The molecule has 1 N–H and O–H groups in total. The quantitative estimate of drug-likeness (QED) is 0.824. The van der Waals surface area contributed by atoms with Gasteiger partial charge in [0.05, 0.1) is 6.20 Å². The number of hydrogen-bond acceptors (Lipinski definition) is 3. The van der Waals surface area contributed by atoms with E-state index in [9.17, 15) is 4.39 Å². The van der Waals surface area contributed by atoms with Gasteiger partial charge in [-0.15, -0.1) is 0 Å². The second kappa shape index (κ2) is 7.79. The molecular formula is C17H24FN3S. The number of hydrogen-bond donors (Lipinski definition) is 1. The van der Waals surface area contributed by atoms with Crippen LogP contribution < -0.4 is 5.32 Å². The normalized spacial score (nSPS) is 12.8. The Morgan fingerprint density at radius 2 is 2.05 bits per heavy atom. The molecule has 0 saturated heterocycles. The minimum Gasteiger partial charge on any atom is -0.306 e. The first-order valence-electron chi connectivity index (χ1n) is 7.55. The molecule has 5 heteroatoms. The van der Waals surface area contributed by atoms with Crippen molar-refractivity contribution in [3.8, 4) is 0 Å². The van der Waals surface area contributed by atoms with E-state index >= 15 is 0 Å². The topological polar surface area (TPSA) is 29.9 Å². The third-order valence-corrected chi connectivity index (χ3v) is 4.32. The maximum absolute atomic E-state index is 13.4. The van der Waals surface area contributed by atoms with Crippen molar-refractivity contribution >= 4 is 11.8 Å². The fraction of sp³-hybridized carbons (Fsp3) is 0.471. The summed E-state index contributed by atoms with van der Waals surface area (Å²) >= 11 is 1.71. The summed E-state index contributed by atoms with van der Waals surface area (Å²) in [6.45, 7) is 7.08. The molecule has 1 atom stereocenters. The zero-order valence-electron chi connectivity index (χ0n) is 13.6. The highest BCUT2D eigenvalue weighted by Crippen LogP contribution is 2.19. The van der Waals surface area contributed by atoms with E-state index in [2.05, 4.69) is 37.4 Å². The molecule has 0 amide bonds. The summed E-state index contributed by atoms with van der Waals surface area (Å²) in [5.41, 5.74) is 3.38. The third-order valence-electron chi connectivity index (χ3n) is 3.72. The van der Waals surface area contributed by atoms with Gasteiger partial charge in [0.2, 0.25) is 0 Å². The van der Waals surface area contributed by atoms with E-state index in [0.717, 1.165) is 23.4 Å². The van der Waals surface area contributed by atoms with Gasteiger partial charge < -0.3 is 5.32 Å². The zero-order valence-corrected chi connectivity index (χ0v) is 14.5. The lowest BCUT2D eigenvalue weighted by atomic mass is 10.1. The fourth-order valence-corrected chi connectivity index (χ4v) is 2.88. The monoisotopic (exact) mass is 321 g/mol. The van der Waals surface area contributed by atoms with Crippen molar-refractivity contribution in [1.29, 1.82) is 0 Å². The molecule has 1 heterocycles. The first kappa shape index (κ1) is 17.0. The molecular weight excluding hydrogens is 297 g/mol. The Labute approximate surface area is 136 Å². The molecule has 0 unspecified atom stereocenters. The summed E-state index contributed by atoms with van der Waals surface area (Å²) in [5, 5.41) is 7.87. The Morgan fingerprint density at radius 1 is 1.27 bits per heavy atom. The molecule has 22 heavy (non-hydrogen) atoms. The highest BCUT2D eigenvalue weighted by atomic mass is 32.2. The van der Waals surface area contributed by atoms with E-state index in [-0.39, 0.29) is 11.9 Å². The summed E-state index contributed by atoms with van der Waals surface area (Å²) in [5.74, 6) is 0.660. The molecule has 0 aliphatic rings. The van der Waals surface area contributed by atoms with Crippen LogP contribution in [-0.2, 0) is 12.3 Å². The van der Waals surface area contributed by atoms with Crippen LogP contribution in [0.4, 0.5) is 4.39 Å². The second-order valence-electron chi connectivity index (χ2n) is 5.80. The fourth-order valence-electron chi connectivity index (χ4n) is 2.30. The maximum Gasteiger partial charge on any atom is 0.123 e. The van der Waals surface area contributed by atoms with Crippen molar-refractivity contribution in [2.75, 3.05) is 6.26 Å². The van der Waals surface area contributed by atoms with Crippen LogP contribution in [0.2, 0.25) is 0 Å². The third kappa shape index (κ3) is 4.34. The molecule has 2 rings (SSSR count). The van der Waals surface area contributed by atoms with Crippen molar-refractivity contribution in [2.24, 2.45) is 0 Å². The summed E-state index contributed by atoms with van der Waals surface area (Å²) in [6.07, 6.45) is 6.02. The van der Waals surface area contributed by atoms with E-state index in [0.29, 0.717) is 6.04 Å². The Bertz CT molecular complexity index is 610. The lowest BCUT2D eigenvalue weighted by molar-refractivity contribution is 0.528. The SMILES string of the molecule is CSCc1cc(F)ccc1CN[C@@H](C)c1cnn(C(C)C)c1. The summed E-state index contributed by atoms with van der Waals surface area (Å²) in [7, 11) is 0. The molecule has 1 aromatic carbocycles. The highest BCUT2D eigenvalue weighted by molar-refractivity contribution is 7.97. The lowest BCUT2D eigenvalue weighted by Gasteiger charge is -2.15. The number of nitrogens with zero attached hydrogens (tertiary/aromatic N) is 2. The van der Waals surface area contributed by atoms with E-state index < -0.39 is 0 Å². The van der Waals surface area contributed by atoms with Gasteiger partial charge in [0.15, 0.2) is 0 Å². The van der Waals surface area contributed by atoms with Gasteiger partial charge in [-0.25, -0.2) is 4.39 Å². The van der Waals surface area contributed by atoms with Crippen LogP contribution in [0.1, 0.15) is 49.5 Å². The van der Waals surface area contributed by atoms with Crippen molar-refractivity contribution < 1.29 is 4.39 Å². The molecule has 120 valence electrons. The standard InChI is InChI=1S/C17H24FN3S/c1-12(2)21-10-16(9-20-21)13(3)19-8-14-5-6-17(18)7-15(14)11-22-4/h5-7,9-10,12-13,19H,8,11H2,1-4H3/t13-/m0/s1. The zero-order chi connectivity index (χ0) is 16.1. The largest absolute Gasteiger partial charge is 0.306 e. The Kier molecular flexibility index (Phi) is 6.03. The van der Waals surface area contributed by atoms with Gasteiger partial charge in [0, 0.05) is 36.1 Å². The molecule has 0 radical (unpaired) electrons. The van der Waals surface area contributed by atoms with Crippen molar-refractivity contribution in [1.82, 2.24) is 15.1 Å². The van der Waals surface area contributed by atoms with Crippen LogP contribution in [0.25, 0.3) is 0 Å². The van der Waals surface area contributed by atoms with Gasteiger partial charge in [-0.05, 0) is 50.3 Å². The van der Waals surface area contributed by atoms with Gasteiger partial charge in [-0.1, -0.05) is 6.07 Å². The van der Waals surface area contributed by atoms with E-state index in [1.165, 1.54) is 11.6 Å². The first-order valence-corrected chi connectivity index (χ1v) is 8.94. The first-order chi connectivity index (χ1) is 10.5. The molecule has 0 fully saturated rings. The number of thioether (sulfide) groups is 1. The molecule has 3 nitrogen and oxygen atoms in total. The molecule has 0 saturated carbocycles. The van der Waals surface area contributed by atoms with Crippen LogP contribution >= 0.6 is 11.8 Å². The predicted molar refractivity (Wildman–Crippen MR) is 91.5 cm³/mol. The van der Waals surface area contributed by atoms with Crippen molar-refractivity contribution in [2.45, 2.75) is 45.2 Å². The highest BCUT2D eigenvalue weighted by Gasteiger charge is 2.10. The van der Waals surface area contributed by atoms with Crippen LogP contribution in [0.5, 0.6) is 0 Å². The number of benzene rings is 1. The Morgan fingerprint density at radius 3 is 2.68 bits per heavy atom. The molecule has 0 spiro atoms. The smallest absolute Gasteiger partial charge is 0.123 e. The number of nitrogens with one attached hydrogen (secondary N) is 1. The van der Waals surface area contributed by atoms with Crippen molar-refractivity contribution in [3.05, 3.63) is 53.1 Å². The van der Waals surface area contributed by atoms with Gasteiger partial charge in [0.1, 0.15) is 5.82 Å². The van der Waals surface area contributed by atoms with Gasteiger partial charge in [0.25, 0.3) is 0 Å². The number of rotatable bonds is 7. The molecule has 0 aliphatic heterocycles. The van der Waals surface area contributed by atoms with Crippen LogP contribution in [-0.4, -0.2) is 16.0 Å². The minimum atomic E-state index is -0.168. The van der Waals surface area contributed by atoms with Crippen molar-refractivity contribution in [3.63, 3.8) is 0 Å². The van der Waals surface area contributed by atoms with Gasteiger partial charge >= 0.3 is 0 Å². The summed E-state index contributed by atoms with van der Waals surface area (Å²) in [4.78, 5) is 0. The van der Waals surface area contributed by atoms with Gasteiger partial charge in [-0.3, -0.25) is 4.68 Å². The summed E-state index contributed by atoms with van der Waals surface area (Å²) < 4.78 is 15.3. The van der Waals surface area contributed by atoms with E-state index in [1.807, 2.05) is 23.2 Å². The molecule has 2 aromatic rings. The van der Waals surface area contributed by atoms with Crippen LogP contribution in [0, 0.1) is 5.82 Å². The maximum atomic E-state index is 13.4. The lowest BCUT2D eigenvalue weighted by Crippen LogP contribution is -2.18. The van der Waals surface area contributed by atoms with Crippen LogP contribution in [0.15, 0.2) is 30.6 Å². The molecule has 1 aromatic heterocycles. The Hall–Kier alpha value is -1.33. The van der Waals surface area contributed by atoms with Crippen LogP contribution in [0.3, 0.4) is 0 Å². The molecule has 0 bridgehead atoms. The van der Waals surface area contributed by atoms with Gasteiger partial charge in [-0.2, -0.15) is 16.9 Å². The number of aromatic nitrogens is 2. The average Bonchev–Trinajstić information content (AvgIpc) is 2.96. The predicted octanol–water partition coefficient (Wildman–Crippen LogP) is 4.32.